The van der Waals surface area contributed by atoms with Gasteiger partial charge in [0, 0.05) is 12.1 Å². The van der Waals surface area contributed by atoms with Gasteiger partial charge < -0.3 is 10.2 Å². The minimum atomic E-state index is -0.239. The highest BCUT2D eigenvalue weighted by atomic mass is 19.1. The van der Waals surface area contributed by atoms with Gasteiger partial charge in [0.15, 0.2) is 0 Å². The van der Waals surface area contributed by atoms with Crippen molar-refractivity contribution in [2.75, 3.05) is 26.2 Å². The van der Waals surface area contributed by atoms with E-state index in [-0.39, 0.29) is 5.82 Å². The summed E-state index contributed by atoms with van der Waals surface area (Å²) in [6, 6.07) is 6.56. The molecule has 0 bridgehead atoms. The Morgan fingerprint density at radius 3 is 2.80 bits per heavy atom. The number of nitriles is 1. The number of hydrogen-bond acceptors (Lipinski definition) is 3. The monoisotopic (exact) mass is 275 g/mol. The fourth-order valence-corrected chi connectivity index (χ4v) is 2.70. The first-order chi connectivity index (χ1) is 9.72. The molecule has 1 fully saturated rings. The van der Waals surface area contributed by atoms with Crippen LogP contribution in [-0.2, 0) is 6.54 Å². The minimum Gasteiger partial charge on any atom is -0.312 e. The third-order valence-corrected chi connectivity index (χ3v) is 4.08. The highest BCUT2D eigenvalue weighted by Gasteiger charge is 2.17. The van der Waals surface area contributed by atoms with Gasteiger partial charge in [-0.05, 0) is 63.1 Å². The van der Waals surface area contributed by atoms with Crippen LogP contribution in [0.5, 0.6) is 0 Å². The lowest BCUT2D eigenvalue weighted by atomic mass is 9.97. The van der Waals surface area contributed by atoms with Gasteiger partial charge in [-0.2, -0.15) is 5.26 Å². The number of rotatable bonds is 5. The molecular formula is C16H22FN3. The van der Waals surface area contributed by atoms with Crippen LogP contribution in [0.4, 0.5) is 4.39 Å². The zero-order valence-corrected chi connectivity index (χ0v) is 12.0. The standard InChI is InChI=1S/C16H22FN3/c1-2-20-7-5-13(6-8-20)11-19-12-15-9-14(10-18)3-4-16(15)17/h3-4,9,13,19H,2,5-8,11-12H2,1H3. The largest absolute Gasteiger partial charge is 0.312 e. The second-order valence-electron chi connectivity index (χ2n) is 5.43. The summed E-state index contributed by atoms with van der Waals surface area (Å²) in [4.78, 5) is 2.46. The molecule has 3 nitrogen and oxygen atoms in total. The average Bonchev–Trinajstić information content (AvgIpc) is 2.50. The molecule has 4 heteroatoms. The lowest BCUT2D eigenvalue weighted by Crippen LogP contribution is -2.37. The number of nitrogens with one attached hydrogen (secondary N) is 1. The fourth-order valence-electron chi connectivity index (χ4n) is 2.70. The second kappa shape index (κ2) is 7.37. The Kier molecular flexibility index (Phi) is 5.51. The third kappa shape index (κ3) is 4.03. The van der Waals surface area contributed by atoms with E-state index in [0.29, 0.717) is 23.6 Å². The van der Waals surface area contributed by atoms with Crippen molar-refractivity contribution in [3.63, 3.8) is 0 Å². The molecule has 1 heterocycles. The fraction of sp³-hybridized carbons (Fsp3) is 0.562. The van der Waals surface area contributed by atoms with Crippen molar-refractivity contribution >= 4 is 0 Å². The van der Waals surface area contributed by atoms with Gasteiger partial charge >= 0.3 is 0 Å². The van der Waals surface area contributed by atoms with Crippen molar-refractivity contribution in [3.05, 3.63) is 35.1 Å². The summed E-state index contributed by atoms with van der Waals surface area (Å²) in [7, 11) is 0. The first kappa shape index (κ1) is 15.0. The first-order valence-corrected chi connectivity index (χ1v) is 7.34. The summed E-state index contributed by atoms with van der Waals surface area (Å²) < 4.78 is 13.6. The van der Waals surface area contributed by atoms with E-state index < -0.39 is 0 Å². The van der Waals surface area contributed by atoms with Crippen molar-refractivity contribution in [1.29, 1.82) is 5.26 Å². The van der Waals surface area contributed by atoms with Crippen LogP contribution in [0, 0.1) is 23.1 Å². The molecule has 1 aliphatic heterocycles. The number of likely N-dealkylation sites (tertiary alicyclic amines) is 1. The number of hydrogen-bond donors (Lipinski definition) is 1. The van der Waals surface area contributed by atoms with Crippen molar-refractivity contribution in [1.82, 2.24) is 10.2 Å². The van der Waals surface area contributed by atoms with Gasteiger partial charge in [-0.15, -0.1) is 0 Å². The van der Waals surface area contributed by atoms with Crippen LogP contribution in [0.2, 0.25) is 0 Å². The van der Waals surface area contributed by atoms with Gasteiger partial charge in [-0.3, -0.25) is 0 Å². The molecule has 0 amide bonds. The molecule has 1 N–H and O–H groups in total. The van der Waals surface area contributed by atoms with Crippen LogP contribution in [0.1, 0.15) is 30.9 Å². The van der Waals surface area contributed by atoms with Gasteiger partial charge in [0.2, 0.25) is 0 Å². The van der Waals surface area contributed by atoms with E-state index in [2.05, 4.69) is 17.1 Å². The molecule has 0 atom stereocenters. The number of halogens is 1. The van der Waals surface area contributed by atoms with Crippen LogP contribution in [0.3, 0.4) is 0 Å². The maximum absolute atomic E-state index is 13.6. The third-order valence-electron chi connectivity index (χ3n) is 4.08. The molecule has 0 aromatic heterocycles. The molecular weight excluding hydrogens is 253 g/mol. The zero-order valence-electron chi connectivity index (χ0n) is 12.0. The molecule has 0 saturated carbocycles. The maximum Gasteiger partial charge on any atom is 0.127 e. The van der Waals surface area contributed by atoms with Gasteiger partial charge in [0.05, 0.1) is 11.6 Å². The van der Waals surface area contributed by atoms with Crippen LogP contribution in [-0.4, -0.2) is 31.1 Å². The topological polar surface area (TPSA) is 39.1 Å². The summed E-state index contributed by atoms with van der Waals surface area (Å²) in [5.74, 6) is 0.442. The normalized spacial score (nSPS) is 17.1. The van der Waals surface area contributed by atoms with Gasteiger partial charge in [0.25, 0.3) is 0 Å². The molecule has 108 valence electrons. The lowest BCUT2D eigenvalue weighted by Gasteiger charge is -2.31. The average molecular weight is 275 g/mol. The van der Waals surface area contributed by atoms with Crippen LogP contribution in [0.25, 0.3) is 0 Å². The van der Waals surface area contributed by atoms with Gasteiger partial charge in [-0.1, -0.05) is 6.92 Å². The molecule has 0 radical (unpaired) electrons. The molecule has 0 unspecified atom stereocenters. The van der Waals surface area contributed by atoms with E-state index in [9.17, 15) is 4.39 Å². The lowest BCUT2D eigenvalue weighted by molar-refractivity contribution is 0.190. The maximum atomic E-state index is 13.6. The predicted octanol–water partition coefficient (Wildman–Crippen LogP) is 2.52. The van der Waals surface area contributed by atoms with Crippen molar-refractivity contribution in [2.45, 2.75) is 26.3 Å². The summed E-state index contributed by atoms with van der Waals surface area (Å²) in [6.45, 7) is 7.08. The molecule has 0 spiro atoms. The van der Waals surface area contributed by atoms with Crippen molar-refractivity contribution in [2.24, 2.45) is 5.92 Å². The molecule has 1 aliphatic rings. The van der Waals surface area contributed by atoms with Crippen molar-refractivity contribution in [3.8, 4) is 6.07 Å². The molecule has 2 rings (SSSR count). The first-order valence-electron chi connectivity index (χ1n) is 7.34. The van der Waals surface area contributed by atoms with Gasteiger partial charge in [0.1, 0.15) is 5.82 Å². The minimum absolute atomic E-state index is 0.239. The van der Waals surface area contributed by atoms with Crippen LogP contribution >= 0.6 is 0 Å². The van der Waals surface area contributed by atoms with E-state index in [1.54, 1.807) is 6.07 Å². The Labute approximate surface area is 120 Å². The summed E-state index contributed by atoms with van der Waals surface area (Å²) >= 11 is 0. The highest BCUT2D eigenvalue weighted by molar-refractivity contribution is 5.33. The molecule has 0 aliphatic carbocycles. The van der Waals surface area contributed by atoms with E-state index >= 15 is 0 Å². The molecule has 1 saturated heterocycles. The highest BCUT2D eigenvalue weighted by Crippen LogP contribution is 2.16. The smallest absolute Gasteiger partial charge is 0.127 e. The van der Waals surface area contributed by atoms with Crippen LogP contribution in [0.15, 0.2) is 18.2 Å². The quantitative estimate of drug-likeness (QED) is 0.897. The summed E-state index contributed by atoms with van der Waals surface area (Å²) in [5, 5.41) is 12.2. The van der Waals surface area contributed by atoms with E-state index in [4.69, 9.17) is 5.26 Å². The summed E-state index contributed by atoms with van der Waals surface area (Å²) in [5.41, 5.74) is 1.09. The predicted molar refractivity (Wildman–Crippen MR) is 77.7 cm³/mol. The number of nitrogens with zero attached hydrogens (tertiary/aromatic N) is 2. The second-order valence-corrected chi connectivity index (χ2v) is 5.43. The van der Waals surface area contributed by atoms with E-state index in [0.717, 1.165) is 13.1 Å². The Bertz CT molecular complexity index is 473. The SMILES string of the molecule is CCN1CCC(CNCc2cc(C#N)ccc2F)CC1. The Morgan fingerprint density at radius 1 is 1.40 bits per heavy atom. The van der Waals surface area contributed by atoms with Crippen molar-refractivity contribution < 1.29 is 4.39 Å². The number of benzene rings is 1. The molecule has 1 aromatic carbocycles. The summed E-state index contributed by atoms with van der Waals surface area (Å²) in [6.07, 6.45) is 2.42. The Morgan fingerprint density at radius 2 is 2.15 bits per heavy atom. The number of piperidine rings is 1. The molecule has 20 heavy (non-hydrogen) atoms. The molecule has 1 aromatic rings. The Balaban J connectivity index is 1.78. The van der Waals surface area contributed by atoms with E-state index in [1.807, 2.05) is 6.07 Å². The van der Waals surface area contributed by atoms with Gasteiger partial charge in [-0.25, -0.2) is 4.39 Å². The van der Waals surface area contributed by atoms with Crippen LogP contribution < -0.4 is 5.32 Å². The Hall–Kier alpha value is -1.44. The zero-order chi connectivity index (χ0) is 14.4. The van der Waals surface area contributed by atoms with E-state index in [1.165, 1.54) is 38.1 Å².